The predicted molar refractivity (Wildman–Crippen MR) is 46.0 cm³/mol. The highest BCUT2D eigenvalue weighted by molar-refractivity contribution is 7.18. The van der Waals surface area contributed by atoms with Crippen molar-refractivity contribution in [1.29, 1.82) is 0 Å². The third-order valence-corrected chi connectivity index (χ3v) is 2.41. The molecule has 1 aromatic heterocycles. The van der Waals surface area contributed by atoms with Gasteiger partial charge in [-0.3, -0.25) is 0 Å². The average molecular weight is 165 g/mol. The number of fused-ring (bicyclic) bond motifs is 1. The van der Waals surface area contributed by atoms with Crippen LogP contribution < -0.4 is 0 Å². The first-order chi connectivity index (χ1) is 5.25. The van der Waals surface area contributed by atoms with Crippen molar-refractivity contribution in [3.63, 3.8) is 0 Å². The monoisotopic (exact) mass is 165 g/mol. The smallest absolute Gasteiger partial charge is 0.117 e. The summed E-state index contributed by atoms with van der Waals surface area (Å²) in [4.78, 5) is 4.26. The highest BCUT2D eigenvalue weighted by Gasteiger charge is 1.99. The fourth-order valence-electron chi connectivity index (χ4n) is 1.03. The van der Waals surface area contributed by atoms with Crippen LogP contribution in [-0.2, 0) is 0 Å². The Balaban J connectivity index is 2.82. The molecule has 2 nitrogen and oxygen atoms in total. The number of hydrogen-bond donors (Lipinski definition) is 1. The SMILES string of the molecule is Cc1nc2ccc(O)cc2s1. The second-order valence-electron chi connectivity index (χ2n) is 2.38. The first-order valence-corrected chi connectivity index (χ1v) is 4.13. The van der Waals surface area contributed by atoms with Gasteiger partial charge in [0, 0.05) is 0 Å². The maximum Gasteiger partial charge on any atom is 0.117 e. The highest BCUT2D eigenvalue weighted by atomic mass is 32.1. The van der Waals surface area contributed by atoms with Gasteiger partial charge < -0.3 is 5.11 Å². The molecule has 1 heterocycles. The highest BCUT2D eigenvalue weighted by Crippen LogP contribution is 2.24. The third-order valence-electron chi connectivity index (χ3n) is 1.48. The Morgan fingerprint density at radius 1 is 1.45 bits per heavy atom. The van der Waals surface area contributed by atoms with E-state index in [-0.39, 0.29) is 0 Å². The molecule has 2 aromatic rings. The van der Waals surface area contributed by atoms with Crippen molar-refractivity contribution in [2.24, 2.45) is 0 Å². The van der Waals surface area contributed by atoms with Gasteiger partial charge in [0.2, 0.25) is 0 Å². The molecule has 0 amide bonds. The van der Waals surface area contributed by atoms with Gasteiger partial charge in [-0.1, -0.05) is 0 Å². The van der Waals surface area contributed by atoms with Crippen molar-refractivity contribution in [2.45, 2.75) is 6.92 Å². The lowest BCUT2D eigenvalue weighted by atomic mass is 10.3. The van der Waals surface area contributed by atoms with E-state index in [0.29, 0.717) is 5.75 Å². The normalized spacial score (nSPS) is 10.6. The number of rotatable bonds is 0. The number of nitrogens with zero attached hydrogens (tertiary/aromatic N) is 1. The Kier molecular flexibility index (Phi) is 1.32. The molecule has 0 radical (unpaired) electrons. The number of aromatic hydroxyl groups is 1. The molecule has 56 valence electrons. The van der Waals surface area contributed by atoms with Crippen LogP contribution in [0.4, 0.5) is 0 Å². The molecule has 0 aliphatic heterocycles. The van der Waals surface area contributed by atoms with Crippen molar-refractivity contribution in [1.82, 2.24) is 4.98 Å². The molecule has 1 aromatic carbocycles. The van der Waals surface area contributed by atoms with Crippen LogP contribution in [0.25, 0.3) is 10.2 Å². The Morgan fingerprint density at radius 2 is 2.27 bits per heavy atom. The van der Waals surface area contributed by atoms with E-state index in [4.69, 9.17) is 5.11 Å². The summed E-state index contributed by atoms with van der Waals surface area (Å²) in [5.41, 5.74) is 0.963. The van der Waals surface area contributed by atoms with Gasteiger partial charge in [0.1, 0.15) is 5.75 Å². The molecule has 3 heteroatoms. The van der Waals surface area contributed by atoms with E-state index in [2.05, 4.69) is 4.98 Å². The fourth-order valence-corrected chi connectivity index (χ4v) is 1.89. The Hall–Kier alpha value is -1.09. The molecule has 0 saturated heterocycles. The number of thiazole rings is 1. The summed E-state index contributed by atoms with van der Waals surface area (Å²) in [6, 6.07) is 5.22. The second kappa shape index (κ2) is 2.20. The number of phenols is 1. The molecule has 2 rings (SSSR count). The topological polar surface area (TPSA) is 33.1 Å². The van der Waals surface area contributed by atoms with Crippen molar-refractivity contribution in [3.05, 3.63) is 23.2 Å². The van der Waals surface area contributed by atoms with Gasteiger partial charge >= 0.3 is 0 Å². The minimum absolute atomic E-state index is 0.307. The lowest BCUT2D eigenvalue weighted by Gasteiger charge is -1.87. The first-order valence-electron chi connectivity index (χ1n) is 3.32. The molecule has 1 N–H and O–H groups in total. The summed E-state index contributed by atoms with van der Waals surface area (Å²) in [7, 11) is 0. The number of hydrogen-bond acceptors (Lipinski definition) is 3. The van der Waals surface area contributed by atoms with Crippen LogP contribution >= 0.6 is 11.3 Å². The molecule has 0 atom stereocenters. The number of aromatic nitrogens is 1. The predicted octanol–water partition coefficient (Wildman–Crippen LogP) is 2.31. The lowest BCUT2D eigenvalue weighted by Crippen LogP contribution is -1.67. The van der Waals surface area contributed by atoms with Gasteiger partial charge in [0.25, 0.3) is 0 Å². The molecule has 0 bridgehead atoms. The fraction of sp³-hybridized carbons (Fsp3) is 0.125. The van der Waals surface area contributed by atoms with Gasteiger partial charge in [-0.05, 0) is 25.1 Å². The van der Waals surface area contributed by atoms with Crippen molar-refractivity contribution in [3.8, 4) is 5.75 Å². The van der Waals surface area contributed by atoms with Crippen LogP contribution in [0.5, 0.6) is 5.75 Å². The summed E-state index contributed by atoms with van der Waals surface area (Å²) in [5, 5.41) is 10.2. The lowest BCUT2D eigenvalue weighted by molar-refractivity contribution is 0.476. The van der Waals surface area contributed by atoms with Gasteiger partial charge in [-0.25, -0.2) is 4.98 Å². The summed E-state index contributed by atoms with van der Waals surface area (Å²) in [6.07, 6.45) is 0. The van der Waals surface area contributed by atoms with Gasteiger partial charge in [0.15, 0.2) is 0 Å². The van der Waals surface area contributed by atoms with Crippen LogP contribution in [0.1, 0.15) is 5.01 Å². The minimum Gasteiger partial charge on any atom is -0.508 e. The zero-order chi connectivity index (χ0) is 7.84. The molecule has 0 unspecified atom stereocenters. The van der Waals surface area contributed by atoms with Crippen LogP contribution in [0, 0.1) is 6.92 Å². The maximum atomic E-state index is 9.12. The molecule has 0 saturated carbocycles. The summed E-state index contributed by atoms with van der Waals surface area (Å²) < 4.78 is 1.04. The van der Waals surface area contributed by atoms with Crippen LogP contribution in [0.15, 0.2) is 18.2 Å². The molecule has 0 spiro atoms. The maximum absolute atomic E-state index is 9.12. The van der Waals surface area contributed by atoms with Crippen LogP contribution in [0.2, 0.25) is 0 Å². The van der Waals surface area contributed by atoms with Gasteiger partial charge in [0.05, 0.1) is 15.2 Å². The zero-order valence-electron chi connectivity index (χ0n) is 6.03. The van der Waals surface area contributed by atoms with Gasteiger partial charge in [-0.2, -0.15) is 0 Å². The van der Waals surface area contributed by atoms with E-state index in [0.717, 1.165) is 15.2 Å². The van der Waals surface area contributed by atoms with E-state index >= 15 is 0 Å². The number of phenolic OH excluding ortho intramolecular Hbond substituents is 1. The summed E-state index contributed by atoms with van der Waals surface area (Å²) in [5.74, 6) is 0.307. The standard InChI is InChI=1S/C8H7NOS/c1-5-9-7-3-2-6(10)4-8(7)11-5/h2-4,10H,1H3. The van der Waals surface area contributed by atoms with Crippen LogP contribution in [-0.4, -0.2) is 10.1 Å². The van der Waals surface area contributed by atoms with Crippen molar-refractivity contribution >= 4 is 21.6 Å². The van der Waals surface area contributed by atoms with Crippen molar-refractivity contribution < 1.29 is 5.11 Å². The third kappa shape index (κ3) is 1.07. The van der Waals surface area contributed by atoms with E-state index in [1.54, 1.807) is 23.5 Å². The summed E-state index contributed by atoms with van der Waals surface area (Å²) >= 11 is 1.60. The molecule has 11 heavy (non-hydrogen) atoms. The van der Waals surface area contributed by atoms with E-state index < -0.39 is 0 Å². The summed E-state index contributed by atoms with van der Waals surface area (Å²) in [6.45, 7) is 1.96. The Labute approximate surface area is 68.1 Å². The molecule has 0 aliphatic rings. The molecule has 0 aliphatic carbocycles. The van der Waals surface area contributed by atoms with Gasteiger partial charge in [-0.15, -0.1) is 11.3 Å². The number of aryl methyl sites for hydroxylation is 1. The van der Waals surface area contributed by atoms with Crippen molar-refractivity contribution in [2.75, 3.05) is 0 Å². The zero-order valence-corrected chi connectivity index (χ0v) is 6.85. The molecular weight excluding hydrogens is 158 g/mol. The first kappa shape index (κ1) is 6.61. The van der Waals surface area contributed by atoms with E-state index in [1.807, 2.05) is 13.0 Å². The Bertz CT molecular complexity index is 394. The Morgan fingerprint density at radius 3 is 3.09 bits per heavy atom. The second-order valence-corrected chi connectivity index (χ2v) is 3.62. The quantitative estimate of drug-likeness (QED) is 0.649. The molecule has 0 fully saturated rings. The minimum atomic E-state index is 0.307. The average Bonchev–Trinajstić information content (AvgIpc) is 2.27. The van der Waals surface area contributed by atoms with E-state index in [9.17, 15) is 0 Å². The largest absolute Gasteiger partial charge is 0.508 e. The molecular formula is C8H7NOS. The number of benzene rings is 1. The van der Waals surface area contributed by atoms with Crippen LogP contribution in [0.3, 0.4) is 0 Å². The van der Waals surface area contributed by atoms with E-state index in [1.165, 1.54) is 0 Å².